The highest BCUT2D eigenvalue weighted by Crippen LogP contribution is 2.40. The molecular weight excluding hydrogens is 608 g/mol. The maximum absolute atomic E-state index is 5.39. The first-order valence-corrected chi connectivity index (χ1v) is 19.3. The highest BCUT2D eigenvalue weighted by atomic mass is 15.4. The SMILES string of the molecule is CC1(C)CC(Nc2nc(NC3CC(C)(C)NC(C)(C)C3)nc(N(C3CC(C)(C)NC(C)(C)C3)C3CC(C)(C)NC(C)(C)C3)n2)CC(C)(C)N1. The molecule has 1 aromatic heterocycles. The highest BCUT2D eigenvalue weighted by Gasteiger charge is 2.47. The minimum absolute atomic E-state index is 0.00712. The summed E-state index contributed by atoms with van der Waals surface area (Å²) in [5.41, 5.74) is -0.0416. The second kappa shape index (κ2) is 12.4. The van der Waals surface area contributed by atoms with E-state index in [1.54, 1.807) is 0 Å². The van der Waals surface area contributed by atoms with Gasteiger partial charge in [-0.25, -0.2) is 0 Å². The van der Waals surface area contributed by atoms with Crippen LogP contribution >= 0.6 is 0 Å². The van der Waals surface area contributed by atoms with Crippen LogP contribution in [0.5, 0.6) is 0 Å². The zero-order valence-electron chi connectivity index (χ0n) is 34.3. The van der Waals surface area contributed by atoms with Gasteiger partial charge < -0.3 is 36.8 Å². The molecule has 280 valence electrons. The quantitative estimate of drug-likeness (QED) is 0.185. The van der Waals surface area contributed by atoms with Crippen molar-refractivity contribution in [3.05, 3.63) is 0 Å². The van der Waals surface area contributed by atoms with E-state index in [1.807, 2.05) is 0 Å². The van der Waals surface area contributed by atoms with Crippen LogP contribution in [0, 0.1) is 0 Å². The van der Waals surface area contributed by atoms with Crippen LogP contribution < -0.4 is 36.8 Å². The molecule has 0 spiro atoms. The lowest BCUT2D eigenvalue weighted by molar-refractivity contribution is 0.123. The van der Waals surface area contributed by atoms with Gasteiger partial charge in [0.1, 0.15) is 0 Å². The highest BCUT2D eigenvalue weighted by molar-refractivity contribution is 5.47. The van der Waals surface area contributed by atoms with E-state index in [9.17, 15) is 0 Å². The Morgan fingerprint density at radius 3 is 0.918 bits per heavy atom. The summed E-state index contributed by atoms with van der Waals surface area (Å²) in [6.45, 7) is 37.2. The van der Waals surface area contributed by atoms with E-state index < -0.39 is 0 Å². The molecule has 1 aromatic rings. The van der Waals surface area contributed by atoms with E-state index >= 15 is 0 Å². The fourth-order valence-electron chi connectivity index (χ4n) is 11.4. The lowest BCUT2D eigenvalue weighted by Gasteiger charge is -2.55. The second-order valence-electron chi connectivity index (χ2n) is 21.9. The maximum atomic E-state index is 5.39. The van der Waals surface area contributed by atoms with E-state index in [0.29, 0.717) is 11.9 Å². The first kappa shape index (κ1) is 38.5. The number of hydrogen-bond acceptors (Lipinski definition) is 10. The number of nitrogens with one attached hydrogen (secondary N) is 6. The molecule has 4 saturated heterocycles. The summed E-state index contributed by atoms with van der Waals surface area (Å²) in [7, 11) is 0. The molecule has 0 atom stereocenters. The van der Waals surface area contributed by atoms with Gasteiger partial charge in [-0.1, -0.05) is 0 Å². The number of rotatable bonds is 7. The summed E-state index contributed by atoms with van der Waals surface area (Å²) in [5.74, 6) is 2.17. The molecule has 0 radical (unpaired) electrons. The van der Waals surface area contributed by atoms with E-state index in [2.05, 4.69) is 148 Å². The van der Waals surface area contributed by atoms with Crippen molar-refractivity contribution >= 4 is 17.8 Å². The second-order valence-corrected chi connectivity index (χ2v) is 21.9. The van der Waals surface area contributed by atoms with Crippen molar-refractivity contribution in [2.24, 2.45) is 0 Å². The smallest absolute Gasteiger partial charge is 0.232 e. The van der Waals surface area contributed by atoms with Gasteiger partial charge in [0.15, 0.2) is 0 Å². The van der Waals surface area contributed by atoms with Crippen molar-refractivity contribution in [3.8, 4) is 0 Å². The Morgan fingerprint density at radius 1 is 0.408 bits per heavy atom. The molecular formula is C39H74N10. The topological polar surface area (TPSA) is 114 Å². The van der Waals surface area contributed by atoms with E-state index in [1.165, 1.54) is 0 Å². The van der Waals surface area contributed by atoms with Gasteiger partial charge in [0.05, 0.1) is 0 Å². The van der Waals surface area contributed by atoms with Crippen LogP contribution in [0.25, 0.3) is 0 Å². The van der Waals surface area contributed by atoms with Crippen LogP contribution in [0.3, 0.4) is 0 Å². The summed E-state index contributed by atoms with van der Waals surface area (Å²) in [5, 5.41) is 23.3. The predicted octanol–water partition coefficient (Wildman–Crippen LogP) is 6.74. The average Bonchev–Trinajstić information content (AvgIpc) is 2.75. The Morgan fingerprint density at radius 2 is 0.653 bits per heavy atom. The Labute approximate surface area is 299 Å². The number of aromatic nitrogens is 3. The van der Waals surface area contributed by atoms with Gasteiger partial charge in [-0.2, -0.15) is 15.0 Å². The number of piperidine rings is 4. The Balaban J connectivity index is 1.61. The Kier molecular flexibility index (Phi) is 9.77. The lowest BCUT2D eigenvalue weighted by Crippen LogP contribution is -2.67. The van der Waals surface area contributed by atoms with Gasteiger partial charge in [-0.05, 0) is 162 Å². The minimum atomic E-state index is -0.0175. The van der Waals surface area contributed by atoms with Crippen LogP contribution in [0.15, 0.2) is 0 Å². The van der Waals surface area contributed by atoms with Gasteiger partial charge in [0.25, 0.3) is 0 Å². The summed E-state index contributed by atoms with van der Waals surface area (Å²) < 4.78 is 0. The fourth-order valence-corrected chi connectivity index (χ4v) is 11.4. The molecule has 0 unspecified atom stereocenters. The van der Waals surface area contributed by atoms with Gasteiger partial charge in [0.2, 0.25) is 17.8 Å². The molecule has 10 heteroatoms. The first-order chi connectivity index (χ1) is 22.0. The molecule has 0 bridgehead atoms. The summed E-state index contributed by atoms with van der Waals surface area (Å²) in [4.78, 5) is 18.6. The molecule has 0 amide bonds. The number of hydrogen-bond donors (Lipinski definition) is 6. The summed E-state index contributed by atoms with van der Waals surface area (Å²) in [6, 6.07) is 1.04. The predicted molar refractivity (Wildman–Crippen MR) is 207 cm³/mol. The first-order valence-electron chi connectivity index (χ1n) is 19.3. The van der Waals surface area contributed by atoms with Crippen LogP contribution in [0.2, 0.25) is 0 Å². The van der Waals surface area contributed by atoms with Gasteiger partial charge in [-0.15, -0.1) is 0 Å². The molecule has 5 heterocycles. The fraction of sp³-hybridized carbons (Fsp3) is 0.923. The molecule has 0 aliphatic carbocycles. The molecule has 0 saturated carbocycles. The molecule has 4 fully saturated rings. The molecule has 5 rings (SSSR count). The normalized spacial score (nSPS) is 29.2. The third kappa shape index (κ3) is 10.2. The van der Waals surface area contributed by atoms with Crippen molar-refractivity contribution in [2.45, 2.75) is 231 Å². The monoisotopic (exact) mass is 683 g/mol. The summed E-state index contributed by atoms with van der Waals surface area (Å²) in [6.07, 6.45) is 8.05. The molecule has 4 aliphatic heterocycles. The van der Waals surface area contributed by atoms with Crippen molar-refractivity contribution in [2.75, 3.05) is 15.5 Å². The standard InChI is InChI=1S/C39H74N10/c1-32(2)17-25(18-33(3,4)45-32)40-29-42-30(41-26-19-34(5,6)46-35(7,8)20-26)44-31(43-29)49(27-21-36(9,10)47-37(11,12)22-27)28-23-38(13,14)48-39(15,16)24-28/h25-28,45-48H,17-24H2,1-16H3,(H2,40,41,42,43,44). The molecule has 4 aliphatic rings. The molecule has 10 nitrogen and oxygen atoms in total. The van der Waals surface area contributed by atoms with Crippen LogP contribution in [-0.2, 0) is 0 Å². The van der Waals surface area contributed by atoms with Gasteiger partial charge in [-0.3, -0.25) is 0 Å². The zero-order valence-corrected chi connectivity index (χ0v) is 34.3. The Hall–Kier alpha value is -1.75. The minimum Gasteiger partial charge on any atom is -0.351 e. The number of anilines is 3. The third-order valence-corrected chi connectivity index (χ3v) is 11.0. The lowest BCUT2D eigenvalue weighted by atomic mass is 9.75. The maximum Gasteiger partial charge on any atom is 0.232 e. The molecule has 0 aromatic carbocycles. The molecule has 6 N–H and O–H groups in total. The van der Waals surface area contributed by atoms with Gasteiger partial charge in [0, 0.05) is 68.5 Å². The van der Waals surface area contributed by atoms with Gasteiger partial charge >= 0.3 is 0 Å². The van der Waals surface area contributed by atoms with Crippen LogP contribution in [-0.4, -0.2) is 83.4 Å². The van der Waals surface area contributed by atoms with E-state index in [-0.39, 0.29) is 68.5 Å². The zero-order chi connectivity index (χ0) is 36.6. The van der Waals surface area contributed by atoms with Crippen molar-refractivity contribution in [1.82, 2.24) is 36.2 Å². The third-order valence-electron chi connectivity index (χ3n) is 11.0. The average molecular weight is 683 g/mol. The van der Waals surface area contributed by atoms with Crippen LogP contribution in [0.1, 0.15) is 162 Å². The van der Waals surface area contributed by atoms with Crippen molar-refractivity contribution in [1.29, 1.82) is 0 Å². The largest absolute Gasteiger partial charge is 0.351 e. The van der Waals surface area contributed by atoms with Crippen molar-refractivity contribution < 1.29 is 0 Å². The Bertz CT molecular complexity index is 1180. The summed E-state index contributed by atoms with van der Waals surface area (Å²) >= 11 is 0. The van der Waals surface area contributed by atoms with Crippen molar-refractivity contribution in [3.63, 3.8) is 0 Å². The van der Waals surface area contributed by atoms with E-state index in [4.69, 9.17) is 15.0 Å². The van der Waals surface area contributed by atoms with Crippen LogP contribution in [0.4, 0.5) is 17.8 Å². The number of nitrogens with zero attached hydrogens (tertiary/aromatic N) is 4. The molecule has 49 heavy (non-hydrogen) atoms. The van der Waals surface area contributed by atoms with E-state index in [0.717, 1.165) is 57.3 Å².